The maximum Gasteiger partial charge on any atom is 0.271 e. The zero-order valence-electron chi connectivity index (χ0n) is 12.6. The van der Waals surface area contributed by atoms with Crippen LogP contribution in [0.5, 0.6) is 0 Å². The Morgan fingerprint density at radius 3 is 2.64 bits per heavy atom. The van der Waals surface area contributed by atoms with Crippen LogP contribution in [0.3, 0.4) is 0 Å². The van der Waals surface area contributed by atoms with E-state index in [1.807, 2.05) is 37.3 Å². The Labute approximate surface area is 129 Å². The lowest BCUT2D eigenvalue weighted by Crippen LogP contribution is -2.34. The van der Waals surface area contributed by atoms with E-state index in [0.717, 1.165) is 12.1 Å². The Morgan fingerprint density at radius 1 is 1.14 bits per heavy atom. The van der Waals surface area contributed by atoms with Gasteiger partial charge in [0, 0.05) is 19.2 Å². The first-order chi connectivity index (χ1) is 10.7. The van der Waals surface area contributed by atoms with Gasteiger partial charge in [0.15, 0.2) is 0 Å². The van der Waals surface area contributed by atoms with Crippen molar-refractivity contribution in [2.45, 2.75) is 13.5 Å². The van der Waals surface area contributed by atoms with E-state index in [9.17, 15) is 9.59 Å². The zero-order valence-corrected chi connectivity index (χ0v) is 12.6. The largest absolute Gasteiger partial charge is 0.349 e. The fourth-order valence-electron chi connectivity index (χ4n) is 1.97. The van der Waals surface area contributed by atoms with E-state index >= 15 is 0 Å². The molecule has 0 saturated carbocycles. The van der Waals surface area contributed by atoms with Gasteiger partial charge >= 0.3 is 0 Å². The van der Waals surface area contributed by atoms with Gasteiger partial charge in [-0.25, -0.2) is 4.68 Å². The van der Waals surface area contributed by atoms with Gasteiger partial charge in [0.05, 0.1) is 6.54 Å². The topological polar surface area (TPSA) is 76.0 Å². The van der Waals surface area contributed by atoms with Crippen molar-refractivity contribution in [1.29, 1.82) is 0 Å². The molecular formula is C16H20N4O2. The molecule has 0 atom stereocenters. The lowest BCUT2D eigenvalue weighted by atomic mass is 10.2. The number of aromatic nitrogens is 2. The number of nitrogens with zero attached hydrogens (tertiary/aromatic N) is 2. The first kappa shape index (κ1) is 15.9. The molecule has 1 aromatic heterocycles. The summed E-state index contributed by atoms with van der Waals surface area (Å²) in [6.45, 7) is 4.43. The summed E-state index contributed by atoms with van der Waals surface area (Å²) in [5, 5.41) is 10.0. The highest BCUT2D eigenvalue weighted by Gasteiger charge is 2.09. The summed E-state index contributed by atoms with van der Waals surface area (Å²) in [6, 6.07) is 12.4. The van der Waals surface area contributed by atoms with E-state index in [-0.39, 0.29) is 17.2 Å². The van der Waals surface area contributed by atoms with Gasteiger partial charge in [-0.15, -0.1) is 0 Å². The van der Waals surface area contributed by atoms with Gasteiger partial charge in [0.25, 0.3) is 11.5 Å². The molecule has 1 aromatic carbocycles. The third-order valence-corrected chi connectivity index (χ3v) is 3.11. The summed E-state index contributed by atoms with van der Waals surface area (Å²) in [7, 11) is 0. The predicted octanol–water partition coefficient (Wildman–Crippen LogP) is 0.631. The number of carbonyl (C=O) groups excluding carboxylic acids is 1. The molecule has 1 heterocycles. The maximum atomic E-state index is 12.0. The normalized spacial score (nSPS) is 10.4. The Balaban J connectivity index is 2.06. The molecule has 0 spiro atoms. The van der Waals surface area contributed by atoms with Crippen LogP contribution in [0, 0.1) is 0 Å². The summed E-state index contributed by atoms with van der Waals surface area (Å²) in [6.07, 6.45) is 0. The number of benzene rings is 1. The summed E-state index contributed by atoms with van der Waals surface area (Å²) in [5.41, 5.74) is 0.974. The maximum absolute atomic E-state index is 12.0. The second-order valence-electron chi connectivity index (χ2n) is 4.81. The molecule has 0 unspecified atom stereocenters. The fourth-order valence-corrected chi connectivity index (χ4v) is 1.97. The molecule has 2 rings (SSSR count). The Morgan fingerprint density at radius 2 is 1.91 bits per heavy atom. The monoisotopic (exact) mass is 300 g/mol. The van der Waals surface area contributed by atoms with Crippen molar-refractivity contribution in [2.24, 2.45) is 0 Å². The quantitative estimate of drug-likeness (QED) is 0.736. The van der Waals surface area contributed by atoms with Crippen LogP contribution in [0.25, 0.3) is 0 Å². The molecule has 0 fully saturated rings. The molecule has 2 aromatic rings. The zero-order chi connectivity index (χ0) is 15.8. The standard InChI is InChI=1S/C16H20N4O2/c1-2-17-10-11-18-16(22)14-8-9-15(21)20(19-14)12-13-6-4-3-5-7-13/h3-9,17H,2,10-12H2,1H3,(H,18,22). The third-order valence-electron chi connectivity index (χ3n) is 3.11. The van der Waals surface area contributed by atoms with Crippen LogP contribution in [0.2, 0.25) is 0 Å². The molecule has 0 saturated heterocycles. The Kier molecular flexibility index (Phi) is 5.85. The SMILES string of the molecule is CCNCCNC(=O)c1ccc(=O)n(Cc2ccccc2)n1. The van der Waals surface area contributed by atoms with E-state index in [2.05, 4.69) is 15.7 Å². The molecule has 0 aliphatic carbocycles. The summed E-state index contributed by atoms with van der Waals surface area (Å²) < 4.78 is 1.30. The molecule has 6 heteroatoms. The van der Waals surface area contributed by atoms with Crippen molar-refractivity contribution in [1.82, 2.24) is 20.4 Å². The Hall–Kier alpha value is -2.47. The number of hydrogen-bond acceptors (Lipinski definition) is 4. The van der Waals surface area contributed by atoms with Gasteiger partial charge in [-0.05, 0) is 18.2 Å². The number of hydrogen-bond donors (Lipinski definition) is 2. The van der Waals surface area contributed by atoms with E-state index in [4.69, 9.17) is 0 Å². The van der Waals surface area contributed by atoms with Crippen molar-refractivity contribution in [2.75, 3.05) is 19.6 Å². The van der Waals surface area contributed by atoms with Crippen molar-refractivity contribution in [3.63, 3.8) is 0 Å². The molecule has 2 N–H and O–H groups in total. The number of carbonyl (C=O) groups is 1. The minimum atomic E-state index is -0.278. The first-order valence-electron chi connectivity index (χ1n) is 7.31. The molecule has 22 heavy (non-hydrogen) atoms. The van der Waals surface area contributed by atoms with Crippen molar-refractivity contribution < 1.29 is 4.79 Å². The molecule has 0 bridgehead atoms. The van der Waals surface area contributed by atoms with Gasteiger partial charge in [-0.3, -0.25) is 9.59 Å². The molecule has 1 amide bonds. The van der Waals surface area contributed by atoms with Gasteiger partial charge in [0.1, 0.15) is 5.69 Å². The lowest BCUT2D eigenvalue weighted by Gasteiger charge is -2.08. The molecule has 6 nitrogen and oxygen atoms in total. The highest BCUT2D eigenvalue weighted by Crippen LogP contribution is 2.00. The third kappa shape index (κ3) is 4.53. The molecule has 0 radical (unpaired) electrons. The highest BCUT2D eigenvalue weighted by molar-refractivity contribution is 5.91. The first-order valence-corrected chi connectivity index (χ1v) is 7.31. The molecular weight excluding hydrogens is 280 g/mol. The van der Waals surface area contributed by atoms with E-state index < -0.39 is 0 Å². The van der Waals surface area contributed by atoms with Crippen molar-refractivity contribution in [3.05, 3.63) is 64.1 Å². The van der Waals surface area contributed by atoms with Crippen LogP contribution in [0.1, 0.15) is 23.0 Å². The van der Waals surface area contributed by atoms with Crippen LogP contribution in [-0.2, 0) is 6.54 Å². The number of rotatable bonds is 7. The van der Waals surface area contributed by atoms with Gasteiger partial charge in [0.2, 0.25) is 0 Å². The molecule has 116 valence electrons. The van der Waals surface area contributed by atoms with Gasteiger partial charge < -0.3 is 10.6 Å². The Bertz CT molecular complexity index is 667. The van der Waals surface area contributed by atoms with Gasteiger partial charge in [-0.1, -0.05) is 37.3 Å². The summed E-state index contributed by atoms with van der Waals surface area (Å²) in [5.74, 6) is -0.278. The number of likely N-dealkylation sites (N-methyl/N-ethyl adjacent to an activating group) is 1. The second kappa shape index (κ2) is 8.09. The molecule has 0 aliphatic heterocycles. The number of amides is 1. The number of nitrogens with one attached hydrogen (secondary N) is 2. The minimum absolute atomic E-state index is 0.229. The minimum Gasteiger partial charge on any atom is -0.349 e. The van der Waals surface area contributed by atoms with E-state index in [0.29, 0.717) is 19.6 Å². The smallest absolute Gasteiger partial charge is 0.271 e. The lowest BCUT2D eigenvalue weighted by molar-refractivity contribution is 0.0946. The van der Waals surface area contributed by atoms with Crippen LogP contribution in [0.4, 0.5) is 0 Å². The molecule has 0 aliphatic rings. The van der Waals surface area contributed by atoms with Crippen molar-refractivity contribution >= 4 is 5.91 Å². The highest BCUT2D eigenvalue weighted by atomic mass is 16.2. The van der Waals surface area contributed by atoms with E-state index in [1.165, 1.54) is 16.8 Å². The van der Waals surface area contributed by atoms with Crippen LogP contribution >= 0.6 is 0 Å². The predicted molar refractivity (Wildman–Crippen MR) is 84.9 cm³/mol. The van der Waals surface area contributed by atoms with Crippen LogP contribution in [0.15, 0.2) is 47.3 Å². The van der Waals surface area contributed by atoms with Crippen LogP contribution in [-0.4, -0.2) is 35.3 Å². The average Bonchev–Trinajstić information content (AvgIpc) is 2.54. The van der Waals surface area contributed by atoms with Crippen LogP contribution < -0.4 is 16.2 Å². The summed E-state index contributed by atoms with van der Waals surface area (Å²) in [4.78, 5) is 23.9. The summed E-state index contributed by atoms with van der Waals surface area (Å²) >= 11 is 0. The van der Waals surface area contributed by atoms with Crippen molar-refractivity contribution in [3.8, 4) is 0 Å². The van der Waals surface area contributed by atoms with Gasteiger partial charge in [-0.2, -0.15) is 5.10 Å². The second-order valence-corrected chi connectivity index (χ2v) is 4.81. The van der Waals surface area contributed by atoms with E-state index in [1.54, 1.807) is 0 Å². The average molecular weight is 300 g/mol. The fraction of sp³-hybridized carbons (Fsp3) is 0.312.